The molecule has 136 valence electrons. The first kappa shape index (κ1) is 17.3. The molecule has 4 heterocycles. The lowest BCUT2D eigenvalue weighted by Gasteiger charge is -2.22. The molecule has 0 spiro atoms. The van der Waals surface area contributed by atoms with E-state index >= 15 is 0 Å². The topological polar surface area (TPSA) is 84.7 Å². The third-order valence-electron chi connectivity index (χ3n) is 4.33. The summed E-state index contributed by atoms with van der Waals surface area (Å²) in [7, 11) is 0. The summed E-state index contributed by atoms with van der Waals surface area (Å²) in [6, 6.07) is 4.06. The molecule has 0 saturated carbocycles. The molecular weight excluding hydrogens is 368 g/mol. The smallest absolute Gasteiger partial charge is 0.273 e. The maximum absolute atomic E-state index is 12.3. The van der Waals surface area contributed by atoms with Gasteiger partial charge in [0.1, 0.15) is 5.01 Å². The minimum Gasteiger partial charge on any atom is -0.345 e. The molecule has 3 aromatic heterocycles. The number of carbonyl (C=O) groups is 1. The summed E-state index contributed by atoms with van der Waals surface area (Å²) >= 11 is 3.25. The highest BCUT2D eigenvalue weighted by molar-refractivity contribution is 7.20. The quantitative estimate of drug-likeness (QED) is 0.677. The third-order valence-corrected chi connectivity index (χ3v) is 6.26. The van der Waals surface area contributed by atoms with Crippen molar-refractivity contribution in [2.24, 2.45) is 5.92 Å². The number of hydrogen-bond acceptors (Lipinski definition) is 7. The Morgan fingerprint density at radius 3 is 3.19 bits per heavy atom. The zero-order valence-electron chi connectivity index (χ0n) is 14.2. The average Bonchev–Trinajstić information content (AvgIpc) is 3.41. The molecule has 0 unspecified atom stereocenters. The molecule has 1 aliphatic rings. The zero-order chi connectivity index (χ0) is 17.8. The summed E-state index contributed by atoms with van der Waals surface area (Å²) in [4.78, 5) is 18.0. The number of nitrogens with zero attached hydrogens (tertiary/aromatic N) is 4. The molecule has 3 aromatic rings. The van der Waals surface area contributed by atoms with E-state index in [-0.39, 0.29) is 5.91 Å². The molecular formula is C17H20N6OS2. The largest absolute Gasteiger partial charge is 0.345 e. The molecule has 26 heavy (non-hydrogen) atoms. The highest BCUT2D eigenvalue weighted by atomic mass is 32.1. The van der Waals surface area contributed by atoms with Gasteiger partial charge >= 0.3 is 0 Å². The molecule has 4 rings (SSSR count). The van der Waals surface area contributed by atoms with Gasteiger partial charge in [-0.25, -0.2) is 4.98 Å². The Bertz CT molecular complexity index is 850. The van der Waals surface area contributed by atoms with Crippen molar-refractivity contribution < 1.29 is 4.79 Å². The van der Waals surface area contributed by atoms with E-state index in [0.29, 0.717) is 18.2 Å². The number of carbonyl (C=O) groups excluding carboxylic acids is 1. The summed E-state index contributed by atoms with van der Waals surface area (Å²) in [6.45, 7) is 3.27. The van der Waals surface area contributed by atoms with Crippen LogP contribution in [-0.4, -0.2) is 39.0 Å². The molecule has 1 fully saturated rings. The fourth-order valence-electron chi connectivity index (χ4n) is 3.00. The Morgan fingerprint density at radius 2 is 2.38 bits per heavy atom. The van der Waals surface area contributed by atoms with Crippen molar-refractivity contribution in [3.63, 3.8) is 0 Å². The normalized spacial score (nSPS) is 17.3. The second kappa shape index (κ2) is 8.07. The van der Waals surface area contributed by atoms with E-state index in [1.807, 2.05) is 22.9 Å². The van der Waals surface area contributed by atoms with E-state index in [1.54, 1.807) is 33.6 Å². The standard InChI is InChI=1S/C17H20N6OS2/c24-16(14-10-23(22-21-14)9-12-3-1-5-18-7-12)19-8-13-11-26-17(20-13)15-4-2-6-25-15/h2,4,6,10-12,18H,1,3,5,7-9H2,(H,19,24)/t12-/m0/s1. The van der Waals surface area contributed by atoms with Gasteiger partial charge in [0, 0.05) is 11.9 Å². The van der Waals surface area contributed by atoms with Gasteiger partial charge in [-0.3, -0.25) is 9.48 Å². The summed E-state index contributed by atoms with van der Waals surface area (Å²) in [5, 5.41) is 19.3. The zero-order valence-corrected chi connectivity index (χ0v) is 15.9. The van der Waals surface area contributed by atoms with Gasteiger partial charge in [-0.1, -0.05) is 11.3 Å². The highest BCUT2D eigenvalue weighted by Crippen LogP contribution is 2.27. The number of aromatic nitrogens is 4. The Kier molecular flexibility index (Phi) is 5.37. The molecule has 0 aromatic carbocycles. The van der Waals surface area contributed by atoms with Crippen LogP contribution < -0.4 is 10.6 Å². The van der Waals surface area contributed by atoms with Crippen LogP contribution in [0.15, 0.2) is 29.1 Å². The number of rotatable bonds is 6. The van der Waals surface area contributed by atoms with E-state index in [9.17, 15) is 4.79 Å². The number of nitrogens with one attached hydrogen (secondary N) is 2. The first-order valence-electron chi connectivity index (χ1n) is 8.65. The van der Waals surface area contributed by atoms with Crippen LogP contribution in [0.1, 0.15) is 29.0 Å². The molecule has 1 saturated heterocycles. The molecule has 0 radical (unpaired) electrons. The maximum Gasteiger partial charge on any atom is 0.273 e. The van der Waals surface area contributed by atoms with Gasteiger partial charge in [0.2, 0.25) is 0 Å². The lowest BCUT2D eigenvalue weighted by molar-refractivity contribution is 0.0945. The summed E-state index contributed by atoms with van der Waals surface area (Å²) in [6.07, 6.45) is 4.10. The molecule has 1 atom stereocenters. The number of amides is 1. The van der Waals surface area contributed by atoms with Crippen LogP contribution >= 0.6 is 22.7 Å². The SMILES string of the molecule is O=C(NCc1csc(-c2cccs2)n1)c1cn(C[C@H]2CCCNC2)nn1. The van der Waals surface area contributed by atoms with Gasteiger partial charge in [-0.2, -0.15) is 0 Å². The number of piperidine rings is 1. The van der Waals surface area contributed by atoms with Crippen LogP contribution in [0.4, 0.5) is 0 Å². The van der Waals surface area contributed by atoms with Crippen molar-refractivity contribution in [2.75, 3.05) is 13.1 Å². The van der Waals surface area contributed by atoms with Crippen LogP contribution in [-0.2, 0) is 13.1 Å². The van der Waals surface area contributed by atoms with Crippen LogP contribution in [0, 0.1) is 5.92 Å². The minimum atomic E-state index is -0.219. The first-order chi connectivity index (χ1) is 12.8. The second-order valence-corrected chi connectivity index (χ2v) is 8.15. The van der Waals surface area contributed by atoms with Crippen molar-refractivity contribution in [1.29, 1.82) is 0 Å². The van der Waals surface area contributed by atoms with Crippen molar-refractivity contribution in [2.45, 2.75) is 25.9 Å². The number of thiazole rings is 1. The van der Waals surface area contributed by atoms with Crippen molar-refractivity contribution in [3.05, 3.63) is 40.5 Å². The van der Waals surface area contributed by atoms with Crippen molar-refractivity contribution in [1.82, 2.24) is 30.6 Å². The monoisotopic (exact) mass is 388 g/mol. The fourth-order valence-corrected chi connectivity index (χ4v) is 4.63. The molecule has 2 N–H and O–H groups in total. The summed E-state index contributed by atoms with van der Waals surface area (Å²) in [5.41, 5.74) is 1.20. The lowest BCUT2D eigenvalue weighted by Crippen LogP contribution is -2.32. The van der Waals surface area contributed by atoms with Crippen molar-refractivity contribution in [3.8, 4) is 9.88 Å². The van der Waals surface area contributed by atoms with E-state index in [2.05, 4.69) is 25.9 Å². The van der Waals surface area contributed by atoms with Gasteiger partial charge in [0.05, 0.1) is 23.3 Å². The second-order valence-electron chi connectivity index (χ2n) is 6.34. The van der Waals surface area contributed by atoms with Crippen LogP contribution in [0.5, 0.6) is 0 Å². The van der Waals surface area contributed by atoms with Gasteiger partial charge < -0.3 is 10.6 Å². The van der Waals surface area contributed by atoms with Crippen molar-refractivity contribution >= 4 is 28.6 Å². The van der Waals surface area contributed by atoms with Gasteiger partial charge in [-0.15, -0.1) is 27.8 Å². The van der Waals surface area contributed by atoms with Gasteiger partial charge in [0.15, 0.2) is 5.69 Å². The van der Waals surface area contributed by atoms with E-state index < -0.39 is 0 Å². The van der Waals surface area contributed by atoms with E-state index in [0.717, 1.165) is 35.2 Å². The predicted octanol–water partition coefficient (Wildman–Crippen LogP) is 2.39. The predicted molar refractivity (Wildman–Crippen MR) is 102 cm³/mol. The Balaban J connectivity index is 1.31. The minimum absolute atomic E-state index is 0.219. The Hall–Kier alpha value is -2.10. The molecule has 1 amide bonds. The van der Waals surface area contributed by atoms with Crippen LogP contribution in [0.3, 0.4) is 0 Å². The Labute approximate surface area is 159 Å². The van der Waals surface area contributed by atoms with E-state index in [1.165, 1.54) is 12.8 Å². The molecule has 1 aliphatic heterocycles. The number of thiophene rings is 1. The highest BCUT2D eigenvalue weighted by Gasteiger charge is 2.16. The van der Waals surface area contributed by atoms with Crippen LogP contribution in [0.2, 0.25) is 0 Å². The summed E-state index contributed by atoms with van der Waals surface area (Å²) in [5.74, 6) is 0.329. The molecule has 7 nitrogen and oxygen atoms in total. The first-order valence-corrected chi connectivity index (χ1v) is 10.4. The third kappa shape index (κ3) is 4.17. The van der Waals surface area contributed by atoms with E-state index in [4.69, 9.17) is 0 Å². The maximum atomic E-state index is 12.3. The van der Waals surface area contributed by atoms with Gasteiger partial charge in [-0.05, 0) is 43.3 Å². The lowest BCUT2D eigenvalue weighted by atomic mass is 10.00. The molecule has 0 aliphatic carbocycles. The molecule has 0 bridgehead atoms. The molecule has 9 heteroatoms. The summed E-state index contributed by atoms with van der Waals surface area (Å²) < 4.78 is 1.77. The Morgan fingerprint density at radius 1 is 1.42 bits per heavy atom. The van der Waals surface area contributed by atoms with Crippen LogP contribution in [0.25, 0.3) is 9.88 Å². The fraction of sp³-hybridized carbons (Fsp3) is 0.412. The number of hydrogen-bond donors (Lipinski definition) is 2. The van der Waals surface area contributed by atoms with Gasteiger partial charge in [0.25, 0.3) is 5.91 Å². The average molecular weight is 389 g/mol.